The van der Waals surface area contributed by atoms with Gasteiger partial charge in [0.2, 0.25) is 0 Å². The van der Waals surface area contributed by atoms with Gasteiger partial charge in [0.1, 0.15) is 0 Å². The van der Waals surface area contributed by atoms with Crippen molar-refractivity contribution in [2.24, 2.45) is 16.9 Å². The van der Waals surface area contributed by atoms with E-state index in [1.165, 1.54) is 12.1 Å². The molecule has 0 unspecified atom stereocenters. The fourth-order valence-corrected chi connectivity index (χ4v) is 2.17. The Balaban J connectivity index is 1.82. The molecular weight excluding hydrogens is 194 g/mol. The van der Waals surface area contributed by atoms with Crippen LogP contribution in [0.25, 0.3) is 0 Å². The summed E-state index contributed by atoms with van der Waals surface area (Å²) >= 11 is 5.02. The molecule has 0 aliphatic heterocycles. The first-order valence-electron chi connectivity index (χ1n) is 5.08. The molecule has 0 heterocycles. The third kappa shape index (κ3) is 1.80. The van der Waals surface area contributed by atoms with Crippen molar-refractivity contribution in [1.29, 1.82) is 0 Å². The Bertz CT molecular complexity index is 296. The van der Waals surface area contributed by atoms with Crippen LogP contribution >= 0.6 is 12.2 Å². The minimum atomic E-state index is 0.590. The van der Waals surface area contributed by atoms with E-state index in [0.29, 0.717) is 11.0 Å². The van der Waals surface area contributed by atoms with Crippen molar-refractivity contribution in [1.82, 2.24) is 10.7 Å². The number of fused-ring (bicyclic) bond motifs is 1. The molecule has 0 radical (unpaired) electrons. The fourth-order valence-electron chi connectivity index (χ4n) is 1.98. The summed E-state index contributed by atoms with van der Waals surface area (Å²) in [6, 6.07) is 0. The zero-order chi connectivity index (χ0) is 9.97. The van der Waals surface area contributed by atoms with Crippen LogP contribution in [0, 0.1) is 11.8 Å². The average Bonchev–Trinajstić information content (AvgIpc) is 2.48. The lowest BCUT2D eigenvalue weighted by atomic mass is 9.74. The average molecular weight is 209 g/mol. The number of hydrazone groups is 1. The Kier molecular flexibility index (Phi) is 2.82. The highest BCUT2D eigenvalue weighted by Gasteiger charge is 2.37. The van der Waals surface area contributed by atoms with Crippen LogP contribution in [0.2, 0.25) is 0 Å². The van der Waals surface area contributed by atoms with Gasteiger partial charge in [-0.3, -0.25) is 5.43 Å². The molecule has 1 fully saturated rings. The van der Waals surface area contributed by atoms with E-state index in [1.807, 2.05) is 6.92 Å². The van der Waals surface area contributed by atoms with Crippen LogP contribution in [0.4, 0.5) is 0 Å². The topological polar surface area (TPSA) is 36.4 Å². The minimum absolute atomic E-state index is 0.590. The van der Waals surface area contributed by atoms with Crippen molar-refractivity contribution >= 4 is 23.0 Å². The number of hydrogen-bond donors (Lipinski definition) is 2. The fraction of sp³-hybridized carbons (Fsp3) is 0.600. The monoisotopic (exact) mass is 209 g/mol. The second kappa shape index (κ2) is 4.09. The van der Waals surface area contributed by atoms with Crippen LogP contribution in [0.15, 0.2) is 17.3 Å². The molecule has 0 bridgehead atoms. The lowest BCUT2D eigenvalue weighted by molar-refractivity contribution is 0.444. The molecule has 2 aliphatic rings. The van der Waals surface area contributed by atoms with E-state index >= 15 is 0 Å². The summed E-state index contributed by atoms with van der Waals surface area (Å²) in [5.41, 5.74) is 4.11. The Labute approximate surface area is 89.6 Å². The number of nitrogens with one attached hydrogen (secondary N) is 2. The third-order valence-electron chi connectivity index (χ3n) is 2.78. The van der Waals surface area contributed by atoms with Crippen molar-refractivity contribution in [2.45, 2.75) is 19.8 Å². The van der Waals surface area contributed by atoms with Gasteiger partial charge in [-0.1, -0.05) is 12.2 Å². The summed E-state index contributed by atoms with van der Waals surface area (Å²) < 4.78 is 0. The van der Waals surface area contributed by atoms with E-state index in [-0.39, 0.29) is 0 Å². The molecule has 0 saturated heterocycles. The minimum Gasteiger partial charge on any atom is -0.362 e. The highest BCUT2D eigenvalue weighted by atomic mass is 32.1. The maximum absolute atomic E-state index is 5.02. The number of allylic oxidation sites excluding steroid dienone is 2. The lowest BCUT2D eigenvalue weighted by Crippen LogP contribution is -2.38. The van der Waals surface area contributed by atoms with Gasteiger partial charge in [0, 0.05) is 18.2 Å². The number of rotatable bonds is 2. The third-order valence-corrected chi connectivity index (χ3v) is 3.02. The molecule has 0 aromatic carbocycles. The van der Waals surface area contributed by atoms with Crippen LogP contribution in [0.5, 0.6) is 0 Å². The van der Waals surface area contributed by atoms with Crippen LogP contribution in [-0.2, 0) is 0 Å². The summed E-state index contributed by atoms with van der Waals surface area (Å²) in [5, 5.41) is 7.92. The highest BCUT2D eigenvalue weighted by molar-refractivity contribution is 7.80. The number of hydrogen-bond acceptors (Lipinski definition) is 2. The Hall–Kier alpha value is -0.900. The first-order valence-corrected chi connectivity index (χ1v) is 5.49. The van der Waals surface area contributed by atoms with E-state index in [9.17, 15) is 0 Å². The van der Waals surface area contributed by atoms with Crippen molar-refractivity contribution in [3.05, 3.63) is 12.2 Å². The van der Waals surface area contributed by atoms with Gasteiger partial charge < -0.3 is 5.32 Å². The van der Waals surface area contributed by atoms with Gasteiger partial charge in [0.15, 0.2) is 5.11 Å². The number of nitrogens with zero attached hydrogens (tertiary/aromatic N) is 1. The molecule has 2 N–H and O–H groups in total. The summed E-state index contributed by atoms with van der Waals surface area (Å²) in [7, 11) is 0. The van der Waals surface area contributed by atoms with Gasteiger partial charge in [0.05, 0.1) is 0 Å². The van der Waals surface area contributed by atoms with Crippen molar-refractivity contribution in [2.75, 3.05) is 6.54 Å². The molecule has 0 spiro atoms. The van der Waals surface area contributed by atoms with Gasteiger partial charge in [-0.05, 0) is 37.9 Å². The Morgan fingerprint density at radius 1 is 1.71 bits per heavy atom. The molecule has 0 aromatic rings. The molecule has 0 amide bonds. The molecule has 2 aliphatic carbocycles. The quantitative estimate of drug-likeness (QED) is 0.410. The van der Waals surface area contributed by atoms with E-state index < -0.39 is 0 Å². The number of thiocarbonyl (C=S) groups is 1. The maximum atomic E-state index is 5.02. The normalized spacial score (nSPS) is 31.1. The van der Waals surface area contributed by atoms with Crippen molar-refractivity contribution in [3.63, 3.8) is 0 Å². The molecule has 1 saturated carbocycles. The van der Waals surface area contributed by atoms with Gasteiger partial charge in [0.25, 0.3) is 0 Å². The Morgan fingerprint density at radius 3 is 3.29 bits per heavy atom. The van der Waals surface area contributed by atoms with Gasteiger partial charge in [-0.25, -0.2) is 0 Å². The van der Waals surface area contributed by atoms with Crippen LogP contribution in [-0.4, -0.2) is 17.4 Å². The SMILES string of the molecule is CCNC(=S)N/N=C1/C[C@@H]2CC=C[C@H]12. The van der Waals surface area contributed by atoms with Gasteiger partial charge in [-0.2, -0.15) is 5.10 Å². The maximum Gasteiger partial charge on any atom is 0.186 e. The van der Waals surface area contributed by atoms with Gasteiger partial charge >= 0.3 is 0 Å². The second-order valence-electron chi connectivity index (χ2n) is 3.73. The summed E-state index contributed by atoms with van der Waals surface area (Å²) in [4.78, 5) is 0. The van der Waals surface area contributed by atoms with Crippen molar-refractivity contribution < 1.29 is 0 Å². The molecular formula is C10H15N3S. The largest absolute Gasteiger partial charge is 0.362 e. The predicted octanol–water partition coefficient (Wildman–Crippen LogP) is 1.42. The van der Waals surface area contributed by atoms with Crippen LogP contribution in [0.3, 0.4) is 0 Å². The first-order chi connectivity index (χ1) is 6.81. The van der Waals surface area contributed by atoms with E-state index in [2.05, 4.69) is 28.0 Å². The van der Waals surface area contributed by atoms with E-state index in [1.54, 1.807) is 0 Å². The van der Waals surface area contributed by atoms with E-state index in [0.717, 1.165) is 18.9 Å². The van der Waals surface area contributed by atoms with Gasteiger partial charge in [-0.15, -0.1) is 0 Å². The van der Waals surface area contributed by atoms with Crippen LogP contribution < -0.4 is 10.7 Å². The molecule has 2 atom stereocenters. The molecule has 76 valence electrons. The first kappa shape index (κ1) is 9.65. The zero-order valence-electron chi connectivity index (χ0n) is 8.29. The standard InChI is InChI=1S/C10H15N3S/c1-2-11-10(14)13-12-9-6-7-4-3-5-8(7)9/h3,5,7-8H,2,4,6H2,1H3,(H2,11,13,14)/b12-9-/t7-,8-/m0/s1. The summed E-state index contributed by atoms with van der Waals surface area (Å²) in [6.07, 6.45) is 6.85. The van der Waals surface area contributed by atoms with E-state index in [4.69, 9.17) is 12.2 Å². The summed E-state index contributed by atoms with van der Waals surface area (Å²) in [5.74, 6) is 1.41. The lowest BCUT2D eigenvalue weighted by Gasteiger charge is -2.31. The Morgan fingerprint density at radius 2 is 2.57 bits per heavy atom. The van der Waals surface area contributed by atoms with Crippen molar-refractivity contribution in [3.8, 4) is 0 Å². The molecule has 2 rings (SSSR count). The zero-order valence-corrected chi connectivity index (χ0v) is 9.10. The molecule has 0 aromatic heterocycles. The predicted molar refractivity (Wildman–Crippen MR) is 62.2 cm³/mol. The summed E-state index contributed by atoms with van der Waals surface area (Å²) in [6.45, 7) is 2.85. The molecule has 14 heavy (non-hydrogen) atoms. The smallest absolute Gasteiger partial charge is 0.186 e. The molecule has 3 nitrogen and oxygen atoms in total. The second-order valence-corrected chi connectivity index (χ2v) is 4.14. The van der Waals surface area contributed by atoms with Crippen LogP contribution in [0.1, 0.15) is 19.8 Å². The highest BCUT2D eigenvalue weighted by Crippen LogP contribution is 2.39. The molecule has 4 heteroatoms.